The molecule has 0 radical (unpaired) electrons. The minimum absolute atomic E-state index is 0. The summed E-state index contributed by atoms with van der Waals surface area (Å²) in [6.45, 7) is 5.39. The Bertz CT molecular complexity index is 2870. The van der Waals surface area contributed by atoms with Crippen LogP contribution in [0.3, 0.4) is 0 Å². The lowest BCUT2D eigenvalue weighted by atomic mass is 10.1. The Hall–Kier alpha value is -7.12. The van der Waals surface area contributed by atoms with Gasteiger partial charge in [0.2, 0.25) is 0 Å². The number of nitrogens with two attached hydrogens (primary N) is 1. The lowest BCUT2D eigenvalue weighted by Gasteiger charge is -2.10. The molecule has 376 valence electrons. The van der Waals surface area contributed by atoms with Crippen LogP contribution in [0.1, 0.15) is 39.3 Å². The molecule has 0 fully saturated rings. The average Bonchev–Trinajstić information content (AvgIpc) is 4.03. The summed E-state index contributed by atoms with van der Waals surface area (Å²) in [4.78, 5) is 42.9. The van der Waals surface area contributed by atoms with E-state index in [9.17, 15) is 83.0 Å². The highest BCUT2D eigenvalue weighted by Crippen LogP contribution is 2.36. The molecule has 0 unspecified atom stereocenters. The molecule has 0 saturated heterocycles. The van der Waals surface area contributed by atoms with E-state index in [1.165, 1.54) is 34.1 Å². The number of aryl methyl sites for hydroxylation is 3. The number of non-ortho nitro benzene ring substituents is 3. The fraction of sp³-hybridized carbons (Fsp3) is 0.175. The Kier molecular flexibility index (Phi) is 20.6. The third kappa shape index (κ3) is 18.8. The monoisotopic (exact) mass is 1180 g/mol. The van der Waals surface area contributed by atoms with Gasteiger partial charge in [0.25, 0.3) is 17.1 Å². The fourth-order valence-corrected chi connectivity index (χ4v) is 5.53. The van der Waals surface area contributed by atoms with Gasteiger partial charge in [-0.25, -0.2) is 15.0 Å². The van der Waals surface area contributed by atoms with E-state index in [-0.39, 0.29) is 39.8 Å². The summed E-state index contributed by atoms with van der Waals surface area (Å²) in [5.41, 5.74) is 2.70. The van der Waals surface area contributed by atoms with Crippen molar-refractivity contribution in [3.8, 4) is 11.4 Å². The number of nitrogen functional groups attached to an aromatic ring is 1. The number of H-pyrrole nitrogens is 1. The van der Waals surface area contributed by atoms with Crippen LogP contribution in [-0.2, 0) is 24.7 Å². The van der Waals surface area contributed by atoms with Crippen LogP contribution in [0.2, 0.25) is 0 Å². The molecule has 0 aliphatic carbocycles. The number of imidazole rings is 3. The van der Waals surface area contributed by atoms with Crippen molar-refractivity contribution in [1.29, 1.82) is 0 Å². The zero-order valence-corrected chi connectivity index (χ0v) is 39.3. The number of anilines is 1. The molecule has 0 bridgehead atoms. The van der Waals surface area contributed by atoms with Crippen molar-refractivity contribution < 1.29 is 67.5 Å². The third-order valence-electron chi connectivity index (χ3n) is 8.17. The molecule has 0 aliphatic rings. The van der Waals surface area contributed by atoms with Crippen molar-refractivity contribution >= 4 is 62.7 Å². The van der Waals surface area contributed by atoms with Crippen LogP contribution in [-0.4, -0.2) is 43.8 Å². The molecule has 7 rings (SSSR count). The van der Waals surface area contributed by atoms with E-state index in [0.29, 0.717) is 29.6 Å². The molecule has 70 heavy (non-hydrogen) atoms. The smallest absolute Gasteiger partial charge is 0.399 e. The van der Waals surface area contributed by atoms with Gasteiger partial charge in [0, 0.05) is 76.5 Å². The standard InChI is InChI=1S/C11H8F3N3O2.C11H10F3N3.C7H3BrF3NO2.C7H4F3NO2.C4H6N2.HI/c1-7-5-16(6-15-7)9-2-8(11(12,13)14)3-10(4-9)17(18)19;1-7-5-17(6-16-7)10-3-8(11(12,13)14)2-9(15)4-10;8-5-1-4(7(9,10)11)2-6(3-5)12(13)14;8-7(9,10)5-2-1-3-6(4-5)11(12)13;1-4-2-5-3-6-4;/h2-6H,1H3;2-6H,15H2,1H3;1-3H;1-4H;2-3H,1H3,(H,5,6);1H. The number of hydrogen-bond donors (Lipinski definition) is 2. The van der Waals surface area contributed by atoms with Gasteiger partial charge < -0.3 is 19.9 Å². The topological polar surface area (TPSA) is 220 Å². The number of halogens is 14. The van der Waals surface area contributed by atoms with Crippen molar-refractivity contribution in [1.82, 2.24) is 29.1 Å². The van der Waals surface area contributed by atoms with Gasteiger partial charge in [0.1, 0.15) is 0 Å². The first-order valence-electron chi connectivity index (χ1n) is 18.4. The van der Waals surface area contributed by atoms with Crippen molar-refractivity contribution in [3.63, 3.8) is 0 Å². The molecule has 7 aromatic rings. The van der Waals surface area contributed by atoms with Crippen LogP contribution in [0.4, 0.5) is 75.4 Å². The molecule has 30 heteroatoms. The first-order valence-corrected chi connectivity index (χ1v) is 19.2. The molecular weight excluding hydrogens is 1150 g/mol. The second-order valence-corrected chi connectivity index (χ2v) is 14.6. The largest absolute Gasteiger partial charge is 0.416 e. The maximum Gasteiger partial charge on any atom is 0.416 e. The van der Waals surface area contributed by atoms with Crippen molar-refractivity contribution in [2.75, 3.05) is 5.73 Å². The van der Waals surface area contributed by atoms with Crippen molar-refractivity contribution in [2.24, 2.45) is 0 Å². The number of nitro groups is 3. The minimum atomic E-state index is -4.64. The predicted molar refractivity (Wildman–Crippen MR) is 240 cm³/mol. The Morgan fingerprint density at radius 2 is 0.986 bits per heavy atom. The second kappa shape index (κ2) is 24.4. The number of nitrogens with zero attached hydrogens (tertiary/aromatic N) is 8. The zero-order chi connectivity index (χ0) is 52.2. The van der Waals surface area contributed by atoms with E-state index < -0.39 is 78.8 Å². The van der Waals surface area contributed by atoms with E-state index in [2.05, 4.69) is 35.9 Å². The van der Waals surface area contributed by atoms with Crippen LogP contribution in [0, 0.1) is 51.1 Å². The van der Waals surface area contributed by atoms with Crippen LogP contribution < -0.4 is 5.73 Å². The molecule has 4 aromatic carbocycles. The number of hydrogen-bond acceptors (Lipinski definition) is 10. The predicted octanol–water partition coefficient (Wildman–Crippen LogP) is 13.2. The van der Waals surface area contributed by atoms with Crippen LogP contribution in [0.25, 0.3) is 11.4 Å². The summed E-state index contributed by atoms with van der Waals surface area (Å²) in [6, 6.07) is 11.4. The Morgan fingerprint density at radius 3 is 1.36 bits per heavy atom. The Labute approximate surface area is 410 Å². The van der Waals surface area contributed by atoms with Gasteiger partial charge in [0.05, 0.1) is 73.1 Å². The molecular formula is C40H32BrF12IN10O6. The number of aromatic amines is 1. The minimum Gasteiger partial charge on any atom is -0.399 e. The summed E-state index contributed by atoms with van der Waals surface area (Å²) in [5.74, 6) is 0. The second-order valence-electron chi connectivity index (χ2n) is 13.6. The van der Waals surface area contributed by atoms with Crippen molar-refractivity contribution in [3.05, 3.63) is 191 Å². The highest BCUT2D eigenvalue weighted by Gasteiger charge is 2.35. The van der Waals surface area contributed by atoms with Crippen LogP contribution in [0.15, 0.2) is 121 Å². The van der Waals surface area contributed by atoms with E-state index in [4.69, 9.17) is 5.73 Å². The zero-order valence-electron chi connectivity index (χ0n) is 35.4. The molecule has 3 aromatic heterocycles. The molecule has 0 saturated carbocycles. The van der Waals surface area contributed by atoms with Crippen LogP contribution in [0.5, 0.6) is 0 Å². The molecule has 3 heterocycles. The number of benzene rings is 4. The van der Waals surface area contributed by atoms with Gasteiger partial charge in [-0.15, -0.1) is 24.0 Å². The first kappa shape index (κ1) is 59.0. The molecule has 0 aliphatic heterocycles. The summed E-state index contributed by atoms with van der Waals surface area (Å²) in [5, 5.41) is 31.1. The molecule has 0 amide bonds. The summed E-state index contributed by atoms with van der Waals surface area (Å²) >= 11 is 2.77. The lowest BCUT2D eigenvalue weighted by molar-refractivity contribution is -0.385. The highest BCUT2D eigenvalue weighted by atomic mass is 127. The van der Waals surface area contributed by atoms with Gasteiger partial charge in [-0.1, -0.05) is 22.0 Å². The molecule has 0 atom stereocenters. The van der Waals surface area contributed by atoms with E-state index in [0.717, 1.165) is 66.0 Å². The fourth-order valence-electron chi connectivity index (χ4n) is 5.05. The quantitative estimate of drug-likeness (QED) is 0.0546. The maximum absolute atomic E-state index is 12.7. The maximum atomic E-state index is 12.7. The van der Waals surface area contributed by atoms with Gasteiger partial charge in [-0.3, -0.25) is 30.3 Å². The molecule has 3 N–H and O–H groups in total. The summed E-state index contributed by atoms with van der Waals surface area (Å²) in [7, 11) is 0. The Morgan fingerprint density at radius 1 is 0.571 bits per heavy atom. The first-order chi connectivity index (χ1) is 31.7. The lowest BCUT2D eigenvalue weighted by Crippen LogP contribution is -2.07. The normalized spacial score (nSPS) is 11.1. The SMILES string of the molecule is Cc1cn(-c2cc(N)cc(C(F)(F)F)c2)cn1.Cc1cn(-c2cc([N+](=O)[O-])cc(C(F)(F)F)c2)cn1.Cc1cnc[nH]1.I.O=[N+]([O-])c1cc(Br)cc(C(F)(F)F)c1.O=[N+]([O-])c1cccc(C(F)(F)F)c1. The number of aromatic nitrogens is 6. The van der Waals surface area contributed by atoms with E-state index in [1.807, 2.05) is 6.92 Å². The van der Waals surface area contributed by atoms with E-state index >= 15 is 0 Å². The number of alkyl halides is 12. The summed E-state index contributed by atoms with van der Waals surface area (Å²) in [6.07, 6.45) is -8.85. The van der Waals surface area contributed by atoms with Gasteiger partial charge in [-0.05, 0) is 57.2 Å². The van der Waals surface area contributed by atoms with Crippen molar-refractivity contribution in [2.45, 2.75) is 45.5 Å². The third-order valence-corrected chi connectivity index (χ3v) is 8.63. The van der Waals surface area contributed by atoms with Crippen LogP contribution >= 0.6 is 39.9 Å². The van der Waals surface area contributed by atoms with Gasteiger partial charge in [-0.2, -0.15) is 52.7 Å². The average molecular weight is 1180 g/mol. The number of rotatable bonds is 5. The van der Waals surface area contributed by atoms with Gasteiger partial charge >= 0.3 is 24.7 Å². The molecule has 16 nitrogen and oxygen atoms in total. The number of nitro benzene ring substituents is 3. The van der Waals surface area contributed by atoms with Gasteiger partial charge in [0.15, 0.2) is 0 Å². The number of nitrogens with one attached hydrogen (secondary N) is 1. The van der Waals surface area contributed by atoms with E-state index in [1.54, 1.807) is 32.6 Å². The Balaban J connectivity index is 0.000000309. The highest BCUT2D eigenvalue weighted by molar-refractivity contribution is 14.0. The molecule has 0 spiro atoms. The summed E-state index contributed by atoms with van der Waals surface area (Å²) < 4.78 is 151.